The first-order valence-electron chi connectivity index (χ1n) is 8.96. The predicted octanol–water partition coefficient (Wildman–Crippen LogP) is 5.06. The number of amidine groups is 1. The average Bonchev–Trinajstić information content (AvgIpc) is 3.35. The Bertz CT molecular complexity index is 1160. The van der Waals surface area contributed by atoms with Crippen molar-refractivity contribution in [1.29, 1.82) is 0 Å². The summed E-state index contributed by atoms with van der Waals surface area (Å²) < 4.78 is 33.1. The van der Waals surface area contributed by atoms with E-state index in [1.807, 2.05) is 0 Å². The van der Waals surface area contributed by atoms with E-state index in [1.165, 1.54) is 35.6 Å². The number of hydrogen-bond donors (Lipinski definition) is 0. The van der Waals surface area contributed by atoms with E-state index in [4.69, 9.17) is 4.42 Å². The number of furan rings is 1. The Balaban J connectivity index is 1.65. The third kappa shape index (κ3) is 4.38. The predicted molar refractivity (Wildman–Crippen MR) is 113 cm³/mol. The van der Waals surface area contributed by atoms with Gasteiger partial charge >= 0.3 is 0 Å². The molecule has 1 amide bonds. The van der Waals surface area contributed by atoms with Crippen LogP contribution in [-0.2, 0) is 11.3 Å². The number of benzene rings is 2. The molecule has 0 saturated carbocycles. The van der Waals surface area contributed by atoms with Crippen molar-refractivity contribution in [3.63, 3.8) is 0 Å². The molecule has 0 radical (unpaired) electrons. The molecule has 3 aromatic rings. The Hall–Kier alpha value is -3.52. The number of rotatable bonds is 5. The Morgan fingerprint density at radius 1 is 0.967 bits per heavy atom. The van der Waals surface area contributed by atoms with Crippen LogP contribution in [-0.4, -0.2) is 22.2 Å². The molecule has 4 rings (SSSR count). The van der Waals surface area contributed by atoms with Gasteiger partial charge in [0.1, 0.15) is 17.4 Å². The number of carbonyl (C=O) groups is 1. The fourth-order valence-corrected chi connectivity index (χ4v) is 3.66. The van der Waals surface area contributed by atoms with E-state index in [1.54, 1.807) is 48.5 Å². The SMILES string of the molecule is O=C1/C(=C/c2ccccc2F)S/C(=N\N=C\c2ccccc2F)N1Cc1ccco1. The molecule has 0 aliphatic carbocycles. The first-order chi connectivity index (χ1) is 14.6. The largest absolute Gasteiger partial charge is 0.467 e. The van der Waals surface area contributed by atoms with Crippen molar-refractivity contribution in [2.45, 2.75) is 6.54 Å². The van der Waals surface area contributed by atoms with Gasteiger partial charge in [0.15, 0.2) is 5.17 Å². The van der Waals surface area contributed by atoms with E-state index >= 15 is 0 Å². The lowest BCUT2D eigenvalue weighted by Crippen LogP contribution is -2.28. The van der Waals surface area contributed by atoms with Gasteiger partial charge in [-0.1, -0.05) is 36.4 Å². The van der Waals surface area contributed by atoms with E-state index in [0.29, 0.717) is 16.2 Å². The van der Waals surface area contributed by atoms with Crippen LogP contribution in [0.4, 0.5) is 8.78 Å². The van der Waals surface area contributed by atoms with Crippen LogP contribution in [0.15, 0.2) is 86.5 Å². The van der Waals surface area contributed by atoms with Gasteiger partial charge in [0.05, 0.1) is 23.9 Å². The second-order valence-corrected chi connectivity index (χ2v) is 7.26. The molecular formula is C22H15F2N3O2S. The van der Waals surface area contributed by atoms with Crippen LogP contribution in [0.1, 0.15) is 16.9 Å². The minimum atomic E-state index is -0.432. The third-order valence-electron chi connectivity index (χ3n) is 4.22. The number of halogens is 2. The highest BCUT2D eigenvalue weighted by molar-refractivity contribution is 8.18. The molecule has 1 aromatic heterocycles. The van der Waals surface area contributed by atoms with Crippen molar-refractivity contribution < 1.29 is 18.0 Å². The van der Waals surface area contributed by atoms with Crippen molar-refractivity contribution in [2.75, 3.05) is 0 Å². The average molecular weight is 423 g/mol. The molecule has 1 saturated heterocycles. The quantitative estimate of drug-likeness (QED) is 0.327. The maximum Gasteiger partial charge on any atom is 0.267 e. The molecule has 2 aromatic carbocycles. The van der Waals surface area contributed by atoms with Gasteiger partial charge in [-0.05, 0) is 42.1 Å². The summed E-state index contributed by atoms with van der Waals surface area (Å²) in [6.07, 6.45) is 4.25. The Morgan fingerprint density at radius 2 is 1.67 bits per heavy atom. The number of nitrogens with zero attached hydrogens (tertiary/aromatic N) is 3. The van der Waals surface area contributed by atoms with Gasteiger partial charge in [0.25, 0.3) is 5.91 Å². The molecule has 30 heavy (non-hydrogen) atoms. The highest BCUT2D eigenvalue weighted by Crippen LogP contribution is 2.34. The monoisotopic (exact) mass is 423 g/mol. The number of amides is 1. The van der Waals surface area contributed by atoms with E-state index in [-0.39, 0.29) is 23.2 Å². The zero-order valence-corrected chi connectivity index (χ0v) is 16.4. The van der Waals surface area contributed by atoms with Crippen LogP contribution in [0.2, 0.25) is 0 Å². The highest BCUT2D eigenvalue weighted by atomic mass is 32.2. The molecule has 2 heterocycles. The summed E-state index contributed by atoms with van der Waals surface area (Å²) in [5.74, 6) is -0.649. The van der Waals surface area contributed by atoms with Gasteiger partial charge in [-0.3, -0.25) is 9.69 Å². The molecule has 1 aliphatic heterocycles. The lowest BCUT2D eigenvalue weighted by atomic mass is 10.2. The van der Waals surface area contributed by atoms with Gasteiger partial charge in [0.2, 0.25) is 0 Å². The van der Waals surface area contributed by atoms with Crippen LogP contribution >= 0.6 is 11.8 Å². The molecule has 1 fully saturated rings. The van der Waals surface area contributed by atoms with Crippen molar-refractivity contribution in [3.05, 3.63) is 100 Å². The number of carbonyl (C=O) groups excluding carboxylic acids is 1. The lowest BCUT2D eigenvalue weighted by molar-refractivity contribution is -0.122. The second-order valence-electron chi connectivity index (χ2n) is 6.25. The minimum absolute atomic E-state index is 0.140. The van der Waals surface area contributed by atoms with Crippen molar-refractivity contribution >= 4 is 35.1 Å². The Labute approximate surface area is 175 Å². The number of hydrogen-bond acceptors (Lipinski definition) is 5. The van der Waals surface area contributed by atoms with Crippen LogP contribution in [0.3, 0.4) is 0 Å². The molecule has 1 aliphatic rings. The molecule has 8 heteroatoms. The molecule has 150 valence electrons. The summed E-state index contributed by atoms with van der Waals surface area (Å²) in [6.45, 7) is 0.140. The molecule has 0 unspecified atom stereocenters. The smallest absolute Gasteiger partial charge is 0.267 e. The molecule has 0 N–H and O–H groups in total. The van der Waals surface area contributed by atoms with Crippen LogP contribution in [0.5, 0.6) is 0 Å². The van der Waals surface area contributed by atoms with Crippen molar-refractivity contribution in [2.24, 2.45) is 10.2 Å². The maximum absolute atomic E-state index is 14.0. The topological polar surface area (TPSA) is 58.2 Å². The van der Waals surface area contributed by atoms with Gasteiger partial charge in [0, 0.05) is 11.1 Å². The van der Waals surface area contributed by atoms with Crippen LogP contribution < -0.4 is 0 Å². The van der Waals surface area contributed by atoms with Crippen molar-refractivity contribution in [1.82, 2.24) is 4.90 Å². The summed E-state index contributed by atoms with van der Waals surface area (Å²) in [7, 11) is 0. The summed E-state index contributed by atoms with van der Waals surface area (Å²) in [5, 5.41) is 8.32. The first kappa shape index (κ1) is 19.8. The number of thioether (sulfide) groups is 1. The fraction of sp³-hybridized carbons (Fsp3) is 0.0455. The summed E-state index contributed by atoms with van der Waals surface area (Å²) >= 11 is 1.06. The van der Waals surface area contributed by atoms with E-state index in [0.717, 1.165) is 11.8 Å². The Kier molecular flexibility index (Phi) is 5.85. The second kappa shape index (κ2) is 8.87. The van der Waals surface area contributed by atoms with Crippen molar-refractivity contribution in [3.8, 4) is 0 Å². The van der Waals surface area contributed by atoms with E-state index in [2.05, 4.69) is 10.2 Å². The summed E-state index contributed by atoms with van der Waals surface area (Å²) in [4.78, 5) is 14.6. The molecule has 0 atom stereocenters. The Morgan fingerprint density at radius 3 is 2.33 bits per heavy atom. The van der Waals surface area contributed by atoms with E-state index in [9.17, 15) is 13.6 Å². The standard InChI is InChI=1S/C22H15F2N3O2S/c23-18-9-3-1-6-15(18)12-20-21(28)27(14-17-8-5-11-29-17)22(30-20)26-25-13-16-7-2-4-10-19(16)24/h1-13H,14H2/b20-12-,25-13+,26-22-. The molecular weight excluding hydrogens is 408 g/mol. The maximum atomic E-state index is 14.0. The summed E-state index contributed by atoms with van der Waals surface area (Å²) in [6, 6.07) is 15.8. The molecule has 0 spiro atoms. The summed E-state index contributed by atoms with van der Waals surface area (Å²) in [5.41, 5.74) is 0.568. The van der Waals surface area contributed by atoms with Gasteiger partial charge in [-0.2, -0.15) is 5.10 Å². The van der Waals surface area contributed by atoms with Gasteiger partial charge < -0.3 is 4.42 Å². The van der Waals surface area contributed by atoms with Gasteiger partial charge in [-0.15, -0.1) is 5.10 Å². The molecule has 0 bridgehead atoms. The molecule has 5 nitrogen and oxygen atoms in total. The zero-order chi connectivity index (χ0) is 20.9. The fourth-order valence-electron chi connectivity index (χ4n) is 2.73. The van der Waals surface area contributed by atoms with Crippen LogP contribution in [0, 0.1) is 11.6 Å². The van der Waals surface area contributed by atoms with E-state index < -0.39 is 11.6 Å². The zero-order valence-electron chi connectivity index (χ0n) is 15.5. The first-order valence-corrected chi connectivity index (χ1v) is 9.77. The highest BCUT2D eigenvalue weighted by Gasteiger charge is 2.34. The lowest BCUT2D eigenvalue weighted by Gasteiger charge is -2.12. The van der Waals surface area contributed by atoms with Crippen LogP contribution in [0.25, 0.3) is 6.08 Å². The van der Waals surface area contributed by atoms with Gasteiger partial charge in [-0.25, -0.2) is 8.78 Å². The normalized spacial score (nSPS) is 17.0. The minimum Gasteiger partial charge on any atom is -0.467 e. The third-order valence-corrected chi connectivity index (χ3v) is 5.22.